The van der Waals surface area contributed by atoms with Crippen molar-refractivity contribution in [1.82, 2.24) is 4.90 Å². The van der Waals surface area contributed by atoms with Crippen LogP contribution in [0.1, 0.15) is 22.7 Å². The molecule has 1 aliphatic rings. The lowest BCUT2D eigenvalue weighted by molar-refractivity contribution is -0.122. The Hall–Kier alpha value is -4.09. The van der Waals surface area contributed by atoms with Gasteiger partial charge in [-0.2, -0.15) is 0 Å². The molecular weight excluding hydrogens is 436 g/mol. The van der Waals surface area contributed by atoms with Crippen LogP contribution in [-0.4, -0.2) is 24.0 Å². The van der Waals surface area contributed by atoms with Crippen LogP contribution in [0.5, 0.6) is 11.5 Å². The van der Waals surface area contributed by atoms with Crippen molar-refractivity contribution < 1.29 is 14.3 Å². The number of rotatable bonds is 8. The zero-order valence-electron chi connectivity index (χ0n) is 19.5. The predicted octanol–water partition coefficient (Wildman–Crippen LogP) is 5.84. The molecule has 4 aromatic rings. The lowest BCUT2D eigenvalue weighted by Crippen LogP contribution is -2.36. The summed E-state index contributed by atoms with van der Waals surface area (Å²) in [5.41, 5.74) is 3.92. The fourth-order valence-electron chi connectivity index (χ4n) is 4.37. The van der Waals surface area contributed by atoms with Crippen molar-refractivity contribution >= 4 is 11.6 Å². The Labute approximate surface area is 205 Å². The minimum atomic E-state index is -0.496. The summed E-state index contributed by atoms with van der Waals surface area (Å²) in [6.45, 7) is 2.29. The van der Waals surface area contributed by atoms with Gasteiger partial charge in [0.1, 0.15) is 19.3 Å². The van der Waals surface area contributed by atoms with Crippen LogP contribution in [-0.2, 0) is 17.9 Å². The summed E-state index contributed by atoms with van der Waals surface area (Å²) in [6.07, 6.45) is 0. The molecule has 0 aromatic heterocycles. The molecular formula is C30H28N2O3. The number of hydrogen-bond donors (Lipinski definition) is 1. The number of ether oxygens (including phenoxy) is 2. The maximum Gasteiger partial charge on any atom is 0.246 e. The number of nitrogens with zero attached hydrogens (tertiary/aromatic N) is 1. The average Bonchev–Trinajstić information content (AvgIpc) is 2.90. The number of fused-ring (bicyclic) bond motifs is 1. The number of anilines is 1. The Balaban J connectivity index is 1.48. The summed E-state index contributed by atoms with van der Waals surface area (Å²) in [5, 5.41) is 3.13. The number of amides is 1. The summed E-state index contributed by atoms with van der Waals surface area (Å²) < 4.78 is 11.3. The molecule has 1 aliphatic heterocycles. The second-order valence-electron chi connectivity index (χ2n) is 8.54. The Kier molecular flexibility index (Phi) is 7.06. The van der Waals surface area contributed by atoms with Gasteiger partial charge in [0.05, 0.1) is 0 Å². The monoisotopic (exact) mass is 464 g/mol. The molecule has 5 rings (SSSR count). The van der Waals surface area contributed by atoms with E-state index in [-0.39, 0.29) is 5.91 Å². The van der Waals surface area contributed by atoms with Crippen LogP contribution in [0.15, 0.2) is 109 Å². The first kappa shape index (κ1) is 22.7. The van der Waals surface area contributed by atoms with E-state index in [4.69, 9.17) is 9.47 Å². The van der Waals surface area contributed by atoms with Crippen molar-refractivity contribution in [3.63, 3.8) is 0 Å². The van der Waals surface area contributed by atoms with Crippen molar-refractivity contribution in [2.75, 3.05) is 18.5 Å². The molecule has 0 unspecified atom stereocenters. The van der Waals surface area contributed by atoms with Crippen molar-refractivity contribution in [3.05, 3.63) is 126 Å². The molecule has 0 bridgehead atoms. The molecule has 1 heterocycles. The van der Waals surface area contributed by atoms with Crippen LogP contribution in [0, 0.1) is 0 Å². The third-order valence-corrected chi connectivity index (χ3v) is 6.00. The van der Waals surface area contributed by atoms with E-state index in [1.165, 1.54) is 0 Å². The molecule has 5 heteroatoms. The first-order chi connectivity index (χ1) is 17.3. The molecule has 0 fully saturated rings. The fraction of sp³-hybridized carbons (Fsp3) is 0.167. The van der Waals surface area contributed by atoms with E-state index in [0.717, 1.165) is 16.7 Å². The third kappa shape index (κ3) is 5.70. The molecule has 35 heavy (non-hydrogen) atoms. The summed E-state index contributed by atoms with van der Waals surface area (Å²) >= 11 is 0. The molecule has 1 N–H and O–H groups in total. The predicted molar refractivity (Wildman–Crippen MR) is 137 cm³/mol. The van der Waals surface area contributed by atoms with Crippen molar-refractivity contribution in [1.29, 1.82) is 0 Å². The number of benzene rings is 4. The van der Waals surface area contributed by atoms with Crippen LogP contribution < -0.4 is 14.8 Å². The first-order valence-electron chi connectivity index (χ1n) is 11.8. The molecule has 1 atom stereocenters. The van der Waals surface area contributed by atoms with Crippen LogP contribution in [0.4, 0.5) is 5.69 Å². The number of hydrogen-bond acceptors (Lipinski definition) is 4. The highest BCUT2D eigenvalue weighted by molar-refractivity contribution is 5.95. The van der Waals surface area contributed by atoms with Gasteiger partial charge >= 0.3 is 0 Å². The highest BCUT2D eigenvalue weighted by Crippen LogP contribution is 2.34. The van der Waals surface area contributed by atoms with Crippen molar-refractivity contribution in [3.8, 4) is 11.5 Å². The van der Waals surface area contributed by atoms with E-state index in [0.29, 0.717) is 43.5 Å². The average molecular weight is 465 g/mol. The quantitative estimate of drug-likeness (QED) is 0.356. The Morgan fingerprint density at radius 3 is 1.86 bits per heavy atom. The summed E-state index contributed by atoms with van der Waals surface area (Å²) in [4.78, 5) is 16.1. The molecule has 0 aliphatic carbocycles. The molecule has 1 amide bonds. The molecule has 176 valence electrons. The maximum absolute atomic E-state index is 13.9. The number of carbonyl (C=O) groups is 1. The maximum atomic E-state index is 13.9. The SMILES string of the molecule is O=C(Nc1ccc2c(c1)OCCO2)[C@@H](c1ccccc1)N(Cc1ccccc1)Cc1ccccc1. The molecule has 0 radical (unpaired) electrons. The Morgan fingerprint density at radius 2 is 1.26 bits per heavy atom. The van der Waals surface area contributed by atoms with Gasteiger partial charge in [0.15, 0.2) is 11.5 Å². The van der Waals surface area contributed by atoms with E-state index in [1.807, 2.05) is 84.9 Å². The summed E-state index contributed by atoms with van der Waals surface area (Å²) in [6, 6.07) is 35.5. The second kappa shape index (κ2) is 10.9. The van der Waals surface area contributed by atoms with Gasteiger partial charge in [-0.3, -0.25) is 9.69 Å². The normalized spacial score (nSPS) is 13.3. The molecule has 0 spiro atoms. The van der Waals surface area contributed by atoms with Gasteiger partial charge in [-0.1, -0.05) is 91.0 Å². The zero-order chi connectivity index (χ0) is 23.9. The third-order valence-electron chi connectivity index (χ3n) is 6.00. The van der Waals surface area contributed by atoms with Crippen LogP contribution in [0.2, 0.25) is 0 Å². The summed E-state index contributed by atoms with van der Waals surface area (Å²) in [7, 11) is 0. The van der Waals surface area contributed by atoms with Gasteiger partial charge in [-0.05, 0) is 28.8 Å². The second-order valence-corrected chi connectivity index (χ2v) is 8.54. The van der Waals surface area contributed by atoms with Gasteiger partial charge in [0.25, 0.3) is 0 Å². The highest BCUT2D eigenvalue weighted by atomic mass is 16.6. The molecule has 0 saturated heterocycles. The standard InChI is InChI=1S/C30H28N2O3/c33-30(31-26-16-17-27-28(20-26)35-19-18-34-27)29(25-14-8-3-9-15-25)32(21-23-10-4-1-5-11-23)22-24-12-6-2-7-13-24/h1-17,20,29H,18-19,21-22H2,(H,31,33)/t29-/m1/s1. The van der Waals surface area contributed by atoms with E-state index in [9.17, 15) is 4.79 Å². The lowest BCUT2D eigenvalue weighted by Gasteiger charge is -2.31. The Bertz CT molecular complexity index is 1210. The molecule has 0 saturated carbocycles. The highest BCUT2D eigenvalue weighted by Gasteiger charge is 2.28. The first-order valence-corrected chi connectivity index (χ1v) is 11.8. The van der Waals surface area contributed by atoms with Gasteiger partial charge in [0.2, 0.25) is 5.91 Å². The molecule has 5 nitrogen and oxygen atoms in total. The van der Waals surface area contributed by atoms with E-state index in [1.54, 1.807) is 0 Å². The Morgan fingerprint density at radius 1 is 0.714 bits per heavy atom. The van der Waals surface area contributed by atoms with E-state index < -0.39 is 6.04 Å². The van der Waals surface area contributed by atoms with Gasteiger partial charge < -0.3 is 14.8 Å². The minimum Gasteiger partial charge on any atom is -0.486 e. The van der Waals surface area contributed by atoms with Crippen LogP contribution in [0.25, 0.3) is 0 Å². The lowest BCUT2D eigenvalue weighted by atomic mass is 10.0. The van der Waals surface area contributed by atoms with Crippen LogP contribution in [0.3, 0.4) is 0 Å². The fourth-order valence-corrected chi connectivity index (χ4v) is 4.37. The number of carbonyl (C=O) groups excluding carboxylic acids is 1. The largest absolute Gasteiger partial charge is 0.486 e. The smallest absolute Gasteiger partial charge is 0.246 e. The minimum absolute atomic E-state index is 0.0975. The zero-order valence-corrected chi connectivity index (χ0v) is 19.5. The van der Waals surface area contributed by atoms with Gasteiger partial charge in [0, 0.05) is 24.8 Å². The number of nitrogens with one attached hydrogen (secondary N) is 1. The molecule has 4 aromatic carbocycles. The van der Waals surface area contributed by atoms with Crippen LogP contribution >= 0.6 is 0 Å². The van der Waals surface area contributed by atoms with Crippen molar-refractivity contribution in [2.24, 2.45) is 0 Å². The van der Waals surface area contributed by atoms with Gasteiger partial charge in [-0.25, -0.2) is 0 Å². The van der Waals surface area contributed by atoms with E-state index >= 15 is 0 Å². The van der Waals surface area contributed by atoms with E-state index in [2.05, 4.69) is 34.5 Å². The summed E-state index contributed by atoms with van der Waals surface area (Å²) in [5.74, 6) is 1.25. The van der Waals surface area contributed by atoms with Gasteiger partial charge in [-0.15, -0.1) is 0 Å². The van der Waals surface area contributed by atoms with Crippen molar-refractivity contribution in [2.45, 2.75) is 19.1 Å². The topological polar surface area (TPSA) is 50.8 Å².